The van der Waals surface area contributed by atoms with Crippen molar-refractivity contribution in [3.63, 3.8) is 0 Å². The summed E-state index contributed by atoms with van der Waals surface area (Å²) in [6, 6.07) is 4.20. The summed E-state index contributed by atoms with van der Waals surface area (Å²) >= 11 is 0. The highest BCUT2D eigenvalue weighted by atomic mass is 19.4. The quantitative estimate of drug-likeness (QED) is 0.730. The summed E-state index contributed by atoms with van der Waals surface area (Å²) in [7, 11) is 0. The highest BCUT2D eigenvalue weighted by Gasteiger charge is 2.74. The Balaban J connectivity index is 1.79. The van der Waals surface area contributed by atoms with Crippen molar-refractivity contribution in [1.29, 1.82) is 0 Å². The van der Waals surface area contributed by atoms with E-state index in [4.69, 9.17) is 0 Å². The predicted octanol–water partition coefficient (Wildman–Crippen LogP) is 3.20. The molecule has 132 valence electrons. The molecule has 3 fully saturated rings. The topological polar surface area (TPSA) is 54.5 Å². The molecule has 2 saturated carbocycles. The van der Waals surface area contributed by atoms with Crippen molar-refractivity contribution in [3.05, 3.63) is 29.8 Å². The second-order valence-corrected chi connectivity index (χ2v) is 7.86. The third kappa shape index (κ3) is 1.92. The molecule has 0 spiro atoms. The number of Topliss-reactive ketones (excluding diaryl/α,β-unsaturated/α-hetero) is 1. The van der Waals surface area contributed by atoms with Crippen LogP contribution in [-0.4, -0.2) is 17.6 Å². The normalized spacial score (nSPS) is 37.2. The molecule has 2 aliphatic carbocycles. The van der Waals surface area contributed by atoms with Gasteiger partial charge in [0.2, 0.25) is 11.8 Å². The lowest BCUT2D eigenvalue weighted by Gasteiger charge is -2.30. The molecule has 1 saturated heterocycles. The molecule has 4 unspecified atom stereocenters. The molecule has 0 radical (unpaired) electrons. The molecular formula is C18H16F3NO3. The van der Waals surface area contributed by atoms with Crippen LogP contribution in [0.1, 0.15) is 32.3 Å². The molecule has 2 amide bonds. The highest BCUT2D eigenvalue weighted by molar-refractivity contribution is 6.24. The van der Waals surface area contributed by atoms with Gasteiger partial charge in [-0.05, 0) is 30.0 Å². The number of halogens is 3. The van der Waals surface area contributed by atoms with Gasteiger partial charge < -0.3 is 0 Å². The first kappa shape index (κ1) is 16.3. The number of carbonyl (C=O) groups excluding carboxylic acids is 3. The van der Waals surface area contributed by atoms with E-state index in [0.29, 0.717) is 6.42 Å². The molecule has 3 aliphatic rings. The van der Waals surface area contributed by atoms with Crippen LogP contribution in [0.15, 0.2) is 24.3 Å². The van der Waals surface area contributed by atoms with Crippen LogP contribution < -0.4 is 4.90 Å². The van der Waals surface area contributed by atoms with Crippen LogP contribution in [0.4, 0.5) is 18.9 Å². The van der Waals surface area contributed by atoms with Crippen molar-refractivity contribution in [1.82, 2.24) is 0 Å². The standard InChI is InChI=1S/C18H16F3NO3/c1-16-7-11(23)17(2,8-16)13-12(16)14(24)22(15(13)25)10-5-3-4-9(6-10)18(19,20)21/h3-6,12-13H,7-8H2,1-2H3. The Morgan fingerprint density at radius 1 is 1.08 bits per heavy atom. The Hall–Kier alpha value is -2.18. The highest BCUT2D eigenvalue weighted by Crippen LogP contribution is 2.68. The first-order valence-electron chi connectivity index (χ1n) is 8.07. The minimum Gasteiger partial charge on any atom is -0.299 e. The molecule has 1 aliphatic heterocycles. The van der Waals surface area contributed by atoms with E-state index in [1.165, 1.54) is 12.1 Å². The minimum absolute atomic E-state index is 0.0386. The van der Waals surface area contributed by atoms with E-state index >= 15 is 0 Å². The second-order valence-electron chi connectivity index (χ2n) is 7.86. The largest absolute Gasteiger partial charge is 0.416 e. The third-order valence-electron chi connectivity index (χ3n) is 6.15. The lowest BCUT2D eigenvalue weighted by atomic mass is 9.68. The molecule has 1 heterocycles. The van der Waals surface area contributed by atoms with Gasteiger partial charge in [-0.15, -0.1) is 0 Å². The number of nitrogens with zero attached hydrogens (tertiary/aromatic N) is 1. The summed E-state index contributed by atoms with van der Waals surface area (Å²) in [6.07, 6.45) is -3.85. The number of anilines is 1. The Morgan fingerprint density at radius 3 is 2.36 bits per heavy atom. The lowest BCUT2D eigenvalue weighted by molar-refractivity contribution is -0.138. The van der Waals surface area contributed by atoms with Gasteiger partial charge in [-0.1, -0.05) is 19.9 Å². The molecule has 2 bridgehead atoms. The van der Waals surface area contributed by atoms with E-state index in [0.717, 1.165) is 17.0 Å². The first-order chi connectivity index (χ1) is 11.5. The van der Waals surface area contributed by atoms with Gasteiger partial charge in [-0.2, -0.15) is 13.2 Å². The van der Waals surface area contributed by atoms with Gasteiger partial charge in [0.1, 0.15) is 5.78 Å². The van der Waals surface area contributed by atoms with Crippen molar-refractivity contribution < 1.29 is 27.6 Å². The van der Waals surface area contributed by atoms with Crippen molar-refractivity contribution in [2.75, 3.05) is 4.90 Å². The fourth-order valence-electron chi connectivity index (χ4n) is 5.16. The smallest absolute Gasteiger partial charge is 0.299 e. The fourth-order valence-corrected chi connectivity index (χ4v) is 5.16. The Kier molecular flexibility index (Phi) is 2.94. The molecular weight excluding hydrogens is 335 g/mol. The zero-order valence-electron chi connectivity index (χ0n) is 13.7. The summed E-state index contributed by atoms with van der Waals surface area (Å²) in [6.45, 7) is 3.52. The van der Waals surface area contributed by atoms with Crippen LogP contribution in [0, 0.1) is 22.7 Å². The van der Waals surface area contributed by atoms with Gasteiger partial charge in [0.15, 0.2) is 0 Å². The zero-order chi connectivity index (χ0) is 18.4. The van der Waals surface area contributed by atoms with Crippen molar-refractivity contribution in [2.45, 2.75) is 32.9 Å². The minimum atomic E-state index is -4.56. The molecule has 0 N–H and O–H groups in total. The predicted molar refractivity (Wildman–Crippen MR) is 81.4 cm³/mol. The van der Waals surface area contributed by atoms with Gasteiger partial charge in [0, 0.05) is 11.8 Å². The van der Waals surface area contributed by atoms with Crippen LogP contribution in [0.3, 0.4) is 0 Å². The Morgan fingerprint density at radius 2 is 1.72 bits per heavy atom. The number of benzene rings is 1. The number of amides is 2. The Labute approximate surface area is 142 Å². The van der Waals surface area contributed by atoms with E-state index in [-0.39, 0.29) is 17.9 Å². The third-order valence-corrected chi connectivity index (χ3v) is 6.15. The average Bonchev–Trinajstić information content (AvgIpc) is 3.00. The maximum Gasteiger partial charge on any atom is 0.416 e. The van der Waals surface area contributed by atoms with Gasteiger partial charge in [0.05, 0.1) is 23.1 Å². The number of fused-ring (bicyclic) bond motifs is 5. The molecule has 25 heavy (non-hydrogen) atoms. The van der Waals surface area contributed by atoms with Crippen LogP contribution in [0.5, 0.6) is 0 Å². The van der Waals surface area contributed by atoms with Crippen molar-refractivity contribution >= 4 is 23.3 Å². The van der Waals surface area contributed by atoms with Crippen LogP contribution in [-0.2, 0) is 20.6 Å². The lowest BCUT2D eigenvalue weighted by Crippen LogP contribution is -2.40. The summed E-state index contributed by atoms with van der Waals surface area (Å²) in [5, 5.41) is 0. The van der Waals surface area contributed by atoms with Crippen LogP contribution >= 0.6 is 0 Å². The number of ketones is 1. The monoisotopic (exact) mass is 351 g/mol. The number of hydrogen-bond acceptors (Lipinski definition) is 3. The van der Waals surface area contributed by atoms with Gasteiger partial charge >= 0.3 is 6.18 Å². The maximum atomic E-state index is 13.0. The van der Waals surface area contributed by atoms with E-state index < -0.39 is 46.2 Å². The molecule has 4 atom stereocenters. The SMILES string of the molecule is CC12CC(=O)C(C)(C1)C1C(=O)N(c3cccc(C(F)(F)F)c3)C(=O)C12. The van der Waals surface area contributed by atoms with Crippen LogP contribution in [0.2, 0.25) is 0 Å². The van der Waals surface area contributed by atoms with Crippen LogP contribution in [0.25, 0.3) is 0 Å². The average molecular weight is 351 g/mol. The van der Waals surface area contributed by atoms with E-state index in [1.54, 1.807) is 6.92 Å². The fraction of sp³-hybridized carbons (Fsp3) is 0.500. The molecule has 1 aromatic carbocycles. The summed E-state index contributed by atoms with van der Waals surface area (Å²) in [4.78, 5) is 39.0. The number of alkyl halides is 3. The zero-order valence-corrected chi connectivity index (χ0v) is 13.7. The Bertz CT molecular complexity index is 833. The van der Waals surface area contributed by atoms with E-state index in [2.05, 4.69) is 0 Å². The molecule has 1 aromatic rings. The second kappa shape index (κ2) is 4.51. The van der Waals surface area contributed by atoms with Crippen molar-refractivity contribution in [2.24, 2.45) is 22.7 Å². The number of hydrogen-bond donors (Lipinski definition) is 0. The molecule has 4 rings (SSSR count). The molecule has 4 nitrogen and oxygen atoms in total. The molecule has 7 heteroatoms. The van der Waals surface area contributed by atoms with E-state index in [9.17, 15) is 27.6 Å². The number of carbonyl (C=O) groups is 3. The molecule has 0 aromatic heterocycles. The van der Waals surface area contributed by atoms with Crippen molar-refractivity contribution in [3.8, 4) is 0 Å². The van der Waals surface area contributed by atoms with E-state index in [1.807, 2.05) is 6.92 Å². The van der Waals surface area contributed by atoms with Gasteiger partial charge in [0.25, 0.3) is 0 Å². The number of rotatable bonds is 1. The maximum absolute atomic E-state index is 13.0. The summed E-state index contributed by atoms with van der Waals surface area (Å²) < 4.78 is 38.9. The summed E-state index contributed by atoms with van der Waals surface area (Å²) in [5.41, 5.74) is -2.50. The summed E-state index contributed by atoms with van der Waals surface area (Å²) in [5.74, 6) is -2.51. The number of imide groups is 1. The van der Waals surface area contributed by atoms with Gasteiger partial charge in [-0.3, -0.25) is 14.4 Å². The van der Waals surface area contributed by atoms with Gasteiger partial charge in [-0.25, -0.2) is 4.90 Å². The first-order valence-corrected chi connectivity index (χ1v) is 8.07.